The van der Waals surface area contributed by atoms with Crippen LogP contribution in [0.15, 0.2) is 88.2 Å². The Morgan fingerprint density at radius 1 is 1.05 bits per heavy atom. The van der Waals surface area contributed by atoms with Crippen molar-refractivity contribution in [1.82, 2.24) is 4.57 Å². The Labute approximate surface area is 245 Å². The topological polar surface area (TPSA) is 69.9 Å². The molecule has 0 spiro atoms. The molecular formula is C31H26Cl2N2O4S. The van der Waals surface area contributed by atoms with Gasteiger partial charge in [0.05, 0.1) is 34.6 Å². The van der Waals surface area contributed by atoms with E-state index in [4.69, 9.17) is 37.7 Å². The van der Waals surface area contributed by atoms with Crippen LogP contribution in [-0.2, 0) is 9.53 Å². The molecule has 0 amide bonds. The molecule has 0 fully saturated rings. The Morgan fingerprint density at radius 3 is 2.42 bits per heavy atom. The summed E-state index contributed by atoms with van der Waals surface area (Å²) < 4.78 is 13.4. The SMILES string of the molecule is CCOC(=O)C1=C(c2ccccc2)N=c2s/c(=C\c3cc(Cl)ccc3OC(C)C)c(=O)n2[C@@H]1c1ccc(Cl)cc1. The standard InChI is InChI=1S/C31H26Cl2N2O4S/c1-4-38-30(37)26-27(19-8-6-5-7-9-19)34-31-35(28(26)20-10-12-22(32)13-11-20)29(36)25(40-31)17-21-16-23(33)14-15-24(21)39-18(2)3/h5-18,28H,4H2,1-3H3/b25-17-/t28-/m1/s1. The maximum atomic E-state index is 14.1. The highest BCUT2D eigenvalue weighted by atomic mass is 35.5. The monoisotopic (exact) mass is 592 g/mol. The van der Waals surface area contributed by atoms with Crippen molar-refractivity contribution in [1.29, 1.82) is 0 Å². The Morgan fingerprint density at radius 2 is 1.75 bits per heavy atom. The van der Waals surface area contributed by atoms with Crippen molar-refractivity contribution in [2.75, 3.05) is 6.61 Å². The number of carbonyl (C=O) groups is 1. The molecule has 2 heterocycles. The van der Waals surface area contributed by atoms with Gasteiger partial charge in [0, 0.05) is 21.2 Å². The first kappa shape index (κ1) is 27.9. The summed E-state index contributed by atoms with van der Waals surface area (Å²) in [7, 11) is 0. The molecule has 3 aromatic carbocycles. The first-order valence-electron chi connectivity index (χ1n) is 12.8. The van der Waals surface area contributed by atoms with Gasteiger partial charge in [-0.3, -0.25) is 9.36 Å². The summed E-state index contributed by atoms with van der Waals surface area (Å²) >= 11 is 13.7. The van der Waals surface area contributed by atoms with E-state index < -0.39 is 12.0 Å². The molecule has 1 aromatic heterocycles. The van der Waals surface area contributed by atoms with Crippen molar-refractivity contribution in [2.45, 2.75) is 32.9 Å². The van der Waals surface area contributed by atoms with E-state index in [9.17, 15) is 9.59 Å². The number of esters is 1. The normalized spacial score (nSPS) is 15.2. The van der Waals surface area contributed by atoms with Crippen LogP contribution in [0.3, 0.4) is 0 Å². The molecule has 1 aliphatic rings. The number of ether oxygens (including phenoxy) is 2. The molecule has 5 rings (SSSR count). The zero-order chi connectivity index (χ0) is 28.4. The lowest BCUT2D eigenvalue weighted by atomic mass is 9.93. The lowest BCUT2D eigenvalue weighted by molar-refractivity contribution is -0.138. The van der Waals surface area contributed by atoms with Gasteiger partial charge in [-0.05, 0) is 62.7 Å². The minimum atomic E-state index is -0.782. The van der Waals surface area contributed by atoms with Crippen LogP contribution in [0.25, 0.3) is 11.8 Å². The van der Waals surface area contributed by atoms with Gasteiger partial charge in [-0.2, -0.15) is 0 Å². The van der Waals surface area contributed by atoms with E-state index in [2.05, 4.69) is 0 Å². The number of hydrogen-bond donors (Lipinski definition) is 0. The molecule has 0 saturated heterocycles. The number of rotatable bonds is 7. The van der Waals surface area contributed by atoms with Crippen LogP contribution in [0, 0.1) is 0 Å². The number of nitrogens with zero attached hydrogens (tertiary/aromatic N) is 2. The van der Waals surface area contributed by atoms with Gasteiger partial charge in [0.25, 0.3) is 5.56 Å². The second-order valence-electron chi connectivity index (χ2n) is 9.33. The molecule has 9 heteroatoms. The van der Waals surface area contributed by atoms with E-state index >= 15 is 0 Å². The first-order valence-corrected chi connectivity index (χ1v) is 14.3. The summed E-state index contributed by atoms with van der Waals surface area (Å²) in [5, 5.41) is 1.06. The zero-order valence-corrected chi connectivity index (χ0v) is 24.4. The molecule has 204 valence electrons. The fraction of sp³-hybridized carbons (Fsp3) is 0.194. The number of hydrogen-bond acceptors (Lipinski definition) is 6. The summed E-state index contributed by atoms with van der Waals surface area (Å²) in [6.45, 7) is 5.78. The second-order valence-corrected chi connectivity index (χ2v) is 11.2. The van der Waals surface area contributed by atoms with Gasteiger partial charge in [0.15, 0.2) is 4.80 Å². The van der Waals surface area contributed by atoms with Crippen molar-refractivity contribution in [3.63, 3.8) is 0 Å². The molecule has 40 heavy (non-hydrogen) atoms. The van der Waals surface area contributed by atoms with Gasteiger partial charge < -0.3 is 9.47 Å². The Kier molecular flexibility index (Phi) is 8.26. The third kappa shape index (κ3) is 5.63. The van der Waals surface area contributed by atoms with Crippen LogP contribution in [0.1, 0.15) is 43.5 Å². The van der Waals surface area contributed by atoms with E-state index in [0.29, 0.717) is 42.0 Å². The predicted molar refractivity (Wildman–Crippen MR) is 160 cm³/mol. The number of fused-ring (bicyclic) bond motifs is 1. The van der Waals surface area contributed by atoms with E-state index in [-0.39, 0.29) is 23.8 Å². The van der Waals surface area contributed by atoms with Crippen LogP contribution in [0.2, 0.25) is 10.0 Å². The van der Waals surface area contributed by atoms with Crippen molar-refractivity contribution >= 4 is 52.3 Å². The minimum Gasteiger partial charge on any atom is -0.490 e. The van der Waals surface area contributed by atoms with Crippen LogP contribution in [0.4, 0.5) is 0 Å². The molecular weight excluding hydrogens is 567 g/mol. The first-order chi connectivity index (χ1) is 19.3. The van der Waals surface area contributed by atoms with Crippen molar-refractivity contribution in [2.24, 2.45) is 4.99 Å². The van der Waals surface area contributed by atoms with Crippen LogP contribution < -0.4 is 19.6 Å². The average molecular weight is 594 g/mol. The molecule has 0 unspecified atom stereocenters. The lowest BCUT2D eigenvalue weighted by Gasteiger charge is -2.26. The summed E-state index contributed by atoms with van der Waals surface area (Å²) in [6.07, 6.45) is 1.68. The number of halogens is 2. The highest BCUT2D eigenvalue weighted by Crippen LogP contribution is 2.35. The maximum absolute atomic E-state index is 14.1. The molecule has 0 aliphatic carbocycles. The summed E-state index contributed by atoms with van der Waals surface area (Å²) in [5.74, 6) is 0.0680. The van der Waals surface area contributed by atoms with Crippen LogP contribution >= 0.6 is 34.5 Å². The molecule has 1 atom stereocenters. The Balaban J connectivity index is 1.81. The number of carbonyl (C=O) groups excluding carboxylic acids is 1. The largest absolute Gasteiger partial charge is 0.490 e. The molecule has 0 radical (unpaired) electrons. The Bertz CT molecular complexity index is 1770. The van der Waals surface area contributed by atoms with Crippen molar-refractivity contribution < 1.29 is 14.3 Å². The molecule has 0 N–H and O–H groups in total. The Hall–Kier alpha value is -3.65. The molecule has 0 saturated carbocycles. The van der Waals surface area contributed by atoms with Gasteiger partial charge in [0.2, 0.25) is 0 Å². The van der Waals surface area contributed by atoms with Crippen molar-refractivity contribution in [3.05, 3.63) is 125 Å². The minimum absolute atomic E-state index is 0.0694. The number of benzene rings is 3. The lowest BCUT2D eigenvalue weighted by Crippen LogP contribution is -2.40. The van der Waals surface area contributed by atoms with E-state index in [0.717, 1.165) is 5.56 Å². The highest BCUT2D eigenvalue weighted by molar-refractivity contribution is 7.07. The summed E-state index contributed by atoms with van der Waals surface area (Å²) in [6, 6.07) is 21.0. The highest BCUT2D eigenvalue weighted by Gasteiger charge is 2.35. The molecule has 6 nitrogen and oxygen atoms in total. The van der Waals surface area contributed by atoms with Crippen molar-refractivity contribution in [3.8, 4) is 5.75 Å². The molecule has 4 aromatic rings. The van der Waals surface area contributed by atoms with Gasteiger partial charge >= 0.3 is 5.97 Å². The quantitative estimate of drug-likeness (QED) is 0.246. The fourth-order valence-electron chi connectivity index (χ4n) is 4.54. The summed E-state index contributed by atoms with van der Waals surface area (Å²) in [5.41, 5.74) is 2.55. The third-order valence-corrected chi connectivity index (χ3v) is 7.65. The van der Waals surface area contributed by atoms with Gasteiger partial charge in [0.1, 0.15) is 5.75 Å². The number of aromatic nitrogens is 1. The second kappa shape index (κ2) is 11.8. The van der Waals surface area contributed by atoms with Crippen LogP contribution in [-0.4, -0.2) is 23.2 Å². The number of thiazole rings is 1. The van der Waals surface area contributed by atoms with E-state index in [1.165, 1.54) is 11.3 Å². The smallest absolute Gasteiger partial charge is 0.338 e. The van der Waals surface area contributed by atoms with Gasteiger partial charge in [-0.15, -0.1) is 0 Å². The maximum Gasteiger partial charge on any atom is 0.338 e. The van der Waals surface area contributed by atoms with Crippen LogP contribution in [0.5, 0.6) is 5.75 Å². The van der Waals surface area contributed by atoms with E-state index in [1.807, 2.05) is 56.3 Å². The third-order valence-electron chi connectivity index (χ3n) is 6.18. The van der Waals surface area contributed by atoms with Gasteiger partial charge in [-0.25, -0.2) is 9.79 Å². The molecule has 0 bridgehead atoms. The zero-order valence-electron chi connectivity index (χ0n) is 22.1. The fourth-order valence-corrected chi connectivity index (χ4v) is 5.83. The van der Waals surface area contributed by atoms with E-state index in [1.54, 1.807) is 47.9 Å². The average Bonchev–Trinajstić information content (AvgIpc) is 3.24. The summed E-state index contributed by atoms with van der Waals surface area (Å²) in [4.78, 5) is 32.9. The molecule has 1 aliphatic heterocycles. The predicted octanol–water partition coefficient (Wildman–Crippen LogP) is 6.03. The van der Waals surface area contributed by atoms with Gasteiger partial charge in [-0.1, -0.05) is 77.0 Å².